The first-order valence-electron chi connectivity index (χ1n) is 7.77. The van der Waals surface area contributed by atoms with Crippen molar-refractivity contribution in [2.24, 2.45) is 5.73 Å². The van der Waals surface area contributed by atoms with E-state index in [1.807, 2.05) is 12.1 Å². The zero-order valence-corrected chi connectivity index (χ0v) is 12.8. The van der Waals surface area contributed by atoms with E-state index in [-0.39, 0.29) is 5.91 Å². The first-order valence-corrected chi connectivity index (χ1v) is 7.77. The van der Waals surface area contributed by atoms with Crippen LogP contribution in [0.15, 0.2) is 24.3 Å². The predicted molar refractivity (Wildman–Crippen MR) is 85.9 cm³/mol. The summed E-state index contributed by atoms with van der Waals surface area (Å²) >= 11 is 0. The molecule has 1 unspecified atom stereocenters. The lowest BCUT2D eigenvalue weighted by Crippen LogP contribution is -2.11. The van der Waals surface area contributed by atoms with Crippen molar-refractivity contribution in [2.45, 2.75) is 58.3 Å². The second kappa shape index (κ2) is 9.54. The molecule has 0 saturated heterocycles. The van der Waals surface area contributed by atoms with Crippen LogP contribution in [0.25, 0.3) is 0 Å². The summed E-state index contributed by atoms with van der Waals surface area (Å²) in [6.07, 6.45) is 5.92. The fourth-order valence-electron chi connectivity index (χ4n) is 2.14. The standard InChI is InChI=1S/C17H28N2O/c1-3-14(2)15-9-11-16(12-10-15)19-17(20)8-6-4-5-7-13-18/h9-12,14H,3-8,13,18H2,1-2H3,(H,19,20). The minimum Gasteiger partial charge on any atom is -0.330 e. The topological polar surface area (TPSA) is 55.1 Å². The number of hydrogen-bond acceptors (Lipinski definition) is 2. The van der Waals surface area contributed by atoms with E-state index < -0.39 is 0 Å². The summed E-state index contributed by atoms with van der Waals surface area (Å²) in [6.45, 7) is 5.15. The summed E-state index contributed by atoms with van der Waals surface area (Å²) in [5, 5.41) is 2.95. The molecular weight excluding hydrogens is 248 g/mol. The Hall–Kier alpha value is -1.35. The van der Waals surface area contributed by atoms with Crippen molar-refractivity contribution >= 4 is 11.6 Å². The molecule has 1 rings (SSSR count). The monoisotopic (exact) mass is 276 g/mol. The van der Waals surface area contributed by atoms with Crippen molar-refractivity contribution in [3.63, 3.8) is 0 Å². The average Bonchev–Trinajstić information content (AvgIpc) is 2.47. The molecule has 1 aromatic rings. The van der Waals surface area contributed by atoms with E-state index in [4.69, 9.17) is 5.73 Å². The molecule has 0 fully saturated rings. The Morgan fingerprint density at radius 2 is 1.80 bits per heavy atom. The molecule has 0 aliphatic heterocycles. The number of benzene rings is 1. The Morgan fingerprint density at radius 3 is 2.40 bits per heavy atom. The van der Waals surface area contributed by atoms with Crippen LogP contribution in [0.1, 0.15) is 63.9 Å². The highest BCUT2D eigenvalue weighted by Gasteiger charge is 2.05. The smallest absolute Gasteiger partial charge is 0.224 e. The van der Waals surface area contributed by atoms with E-state index in [2.05, 4.69) is 31.3 Å². The number of carbonyl (C=O) groups is 1. The Kier molecular flexibility index (Phi) is 7.97. The summed E-state index contributed by atoms with van der Waals surface area (Å²) in [5.74, 6) is 0.677. The van der Waals surface area contributed by atoms with Gasteiger partial charge in [-0.2, -0.15) is 0 Å². The van der Waals surface area contributed by atoms with Crippen LogP contribution in [-0.2, 0) is 4.79 Å². The quantitative estimate of drug-likeness (QED) is 0.669. The lowest BCUT2D eigenvalue weighted by molar-refractivity contribution is -0.116. The fraction of sp³-hybridized carbons (Fsp3) is 0.588. The van der Waals surface area contributed by atoms with Crippen LogP contribution in [0, 0.1) is 0 Å². The minimum atomic E-state index is 0.106. The van der Waals surface area contributed by atoms with Gasteiger partial charge in [-0.25, -0.2) is 0 Å². The van der Waals surface area contributed by atoms with Gasteiger partial charge in [0, 0.05) is 12.1 Å². The van der Waals surface area contributed by atoms with Crippen molar-refractivity contribution in [1.82, 2.24) is 0 Å². The molecule has 0 spiro atoms. The number of hydrogen-bond donors (Lipinski definition) is 2. The number of rotatable bonds is 9. The van der Waals surface area contributed by atoms with E-state index in [1.165, 1.54) is 5.56 Å². The molecule has 0 aliphatic carbocycles. The average molecular weight is 276 g/mol. The largest absolute Gasteiger partial charge is 0.330 e. The molecular formula is C17H28N2O. The van der Waals surface area contributed by atoms with E-state index in [9.17, 15) is 4.79 Å². The zero-order chi connectivity index (χ0) is 14.8. The summed E-state index contributed by atoms with van der Waals surface area (Å²) in [7, 11) is 0. The molecule has 0 heterocycles. The second-order valence-corrected chi connectivity index (χ2v) is 5.43. The first kappa shape index (κ1) is 16.7. The van der Waals surface area contributed by atoms with Crippen LogP contribution in [0.4, 0.5) is 5.69 Å². The third-order valence-corrected chi connectivity index (χ3v) is 3.73. The minimum absolute atomic E-state index is 0.106. The van der Waals surface area contributed by atoms with Gasteiger partial charge < -0.3 is 11.1 Å². The SMILES string of the molecule is CCC(C)c1ccc(NC(=O)CCCCCCN)cc1. The van der Waals surface area contributed by atoms with Gasteiger partial charge in [-0.3, -0.25) is 4.79 Å². The normalized spacial score (nSPS) is 12.2. The van der Waals surface area contributed by atoms with Gasteiger partial charge in [0.1, 0.15) is 0 Å². The fourth-order valence-corrected chi connectivity index (χ4v) is 2.14. The van der Waals surface area contributed by atoms with Gasteiger partial charge in [0.25, 0.3) is 0 Å². The molecule has 0 saturated carbocycles. The van der Waals surface area contributed by atoms with Crippen LogP contribution >= 0.6 is 0 Å². The summed E-state index contributed by atoms with van der Waals surface area (Å²) in [4.78, 5) is 11.8. The van der Waals surface area contributed by atoms with Crippen molar-refractivity contribution in [1.29, 1.82) is 0 Å². The molecule has 0 aromatic heterocycles. The highest BCUT2D eigenvalue weighted by Crippen LogP contribution is 2.20. The van der Waals surface area contributed by atoms with Crippen molar-refractivity contribution in [3.8, 4) is 0 Å². The Labute approximate surface area is 122 Å². The molecule has 0 aliphatic rings. The molecule has 3 nitrogen and oxygen atoms in total. The number of nitrogens with one attached hydrogen (secondary N) is 1. The van der Waals surface area contributed by atoms with Gasteiger partial charge in [-0.05, 0) is 49.4 Å². The summed E-state index contributed by atoms with van der Waals surface area (Å²) in [5.41, 5.74) is 7.66. The van der Waals surface area contributed by atoms with Gasteiger partial charge in [0.15, 0.2) is 0 Å². The first-order chi connectivity index (χ1) is 9.67. The molecule has 1 aromatic carbocycles. The highest BCUT2D eigenvalue weighted by molar-refractivity contribution is 5.90. The molecule has 112 valence electrons. The lowest BCUT2D eigenvalue weighted by Gasteiger charge is -2.10. The highest BCUT2D eigenvalue weighted by atomic mass is 16.1. The maximum absolute atomic E-state index is 11.8. The van der Waals surface area contributed by atoms with Gasteiger partial charge in [0.05, 0.1) is 0 Å². The van der Waals surface area contributed by atoms with Gasteiger partial charge in [-0.1, -0.05) is 38.8 Å². The maximum atomic E-state index is 11.8. The van der Waals surface area contributed by atoms with Crippen LogP contribution in [0.2, 0.25) is 0 Å². The number of anilines is 1. The molecule has 3 heteroatoms. The van der Waals surface area contributed by atoms with E-state index in [0.29, 0.717) is 12.3 Å². The number of carbonyl (C=O) groups excluding carboxylic acids is 1. The van der Waals surface area contributed by atoms with E-state index >= 15 is 0 Å². The maximum Gasteiger partial charge on any atom is 0.224 e. The van der Waals surface area contributed by atoms with Crippen molar-refractivity contribution in [2.75, 3.05) is 11.9 Å². The van der Waals surface area contributed by atoms with Gasteiger partial charge in [0.2, 0.25) is 5.91 Å². The molecule has 0 radical (unpaired) electrons. The zero-order valence-electron chi connectivity index (χ0n) is 12.8. The van der Waals surface area contributed by atoms with Crippen LogP contribution in [-0.4, -0.2) is 12.5 Å². The van der Waals surface area contributed by atoms with Crippen LogP contribution in [0.3, 0.4) is 0 Å². The van der Waals surface area contributed by atoms with Crippen molar-refractivity contribution in [3.05, 3.63) is 29.8 Å². The number of nitrogens with two attached hydrogens (primary N) is 1. The van der Waals surface area contributed by atoms with Gasteiger partial charge in [-0.15, -0.1) is 0 Å². The van der Waals surface area contributed by atoms with Gasteiger partial charge >= 0.3 is 0 Å². The summed E-state index contributed by atoms with van der Waals surface area (Å²) < 4.78 is 0. The number of unbranched alkanes of at least 4 members (excludes halogenated alkanes) is 3. The molecule has 1 amide bonds. The van der Waals surface area contributed by atoms with E-state index in [1.54, 1.807) is 0 Å². The Bertz CT molecular complexity index is 386. The summed E-state index contributed by atoms with van der Waals surface area (Å²) in [6, 6.07) is 8.19. The van der Waals surface area contributed by atoms with Crippen molar-refractivity contribution < 1.29 is 4.79 Å². The molecule has 1 atom stereocenters. The van der Waals surface area contributed by atoms with Crippen LogP contribution in [0.5, 0.6) is 0 Å². The molecule has 0 bridgehead atoms. The molecule has 3 N–H and O–H groups in total. The second-order valence-electron chi connectivity index (χ2n) is 5.43. The predicted octanol–water partition coefficient (Wildman–Crippen LogP) is 4.05. The third kappa shape index (κ3) is 6.20. The molecule has 20 heavy (non-hydrogen) atoms. The Morgan fingerprint density at radius 1 is 1.15 bits per heavy atom. The Balaban J connectivity index is 2.31. The van der Waals surface area contributed by atoms with E-state index in [0.717, 1.165) is 44.3 Å². The lowest BCUT2D eigenvalue weighted by atomic mass is 9.98. The third-order valence-electron chi connectivity index (χ3n) is 3.73. The van der Waals surface area contributed by atoms with Crippen LogP contribution < -0.4 is 11.1 Å². The number of amides is 1.